The average molecular weight is 631 g/mol. The van der Waals surface area contributed by atoms with Crippen LogP contribution in [0, 0.1) is 26.9 Å². The van der Waals surface area contributed by atoms with Gasteiger partial charge in [0, 0.05) is 37.4 Å². The molecule has 4 N–H and O–H groups in total. The zero-order chi connectivity index (χ0) is 27.1. The second-order valence-electron chi connectivity index (χ2n) is 9.01. The van der Waals surface area contributed by atoms with Gasteiger partial charge in [0.05, 0.1) is 4.92 Å². The number of benzene rings is 2. The molecule has 2 aliphatic heterocycles. The number of carbonyl (C=O) groups is 1. The van der Waals surface area contributed by atoms with Gasteiger partial charge in [0.2, 0.25) is 0 Å². The molecule has 2 aliphatic rings. The van der Waals surface area contributed by atoms with Crippen LogP contribution in [0.4, 0.5) is 22.7 Å². The molecule has 0 unspecified atom stereocenters. The van der Waals surface area contributed by atoms with Gasteiger partial charge in [0.25, 0.3) is 5.69 Å². The first-order chi connectivity index (χ1) is 18.4. The van der Waals surface area contributed by atoms with E-state index in [1.165, 1.54) is 12.1 Å². The number of nitrogens with one attached hydrogen (secondary N) is 2. The van der Waals surface area contributed by atoms with Crippen LogP contribution < -0.4 is 37.0 Å². The van der Waals surface area contributed by atoms with E-state index >= 15 is 0 Å². The van der Waals surface area contributed by atoms with E-state index in [9.17, 15) is 20.2 Å². The molecular weight excluding hydrogens is 601 g/mol. The summed E-state index contributed by atoms with van der Waals surface area (Å²) in [6, 6.07) is 14.1. The fourth-order valence-corrected chi connectivity index (χ4v) is 7.10. The van der Waals surface area contributed by atoms with Gasteiger partial charge in [-0.1, -0.05) is 0 Å². The van der Waals surface area contributed by atoms with E-state index in [0.29, 0.717) is 28.7 Å². The van der Waals surface area contributed by atoms with Crippen LogP contribution >= 0.6 is 0 Å². The van der Waals surface area contributed by atoms with Gasteiger partial charge in [-0.15, -0.1) is 0 Å². The molecule has 0 saturated carbocycles. The summed E-state index contributed by atoms with van der Waals surface area (Å²) in [6.45, 7) is 5.30. The molecule has 2 saturated heterocycles. The maximum absolute atomic E-state index is 13.0. The molecule has 0 aromatic heterocycles. The molecule has 11 nitrogen and oxygen atoms in total. The van der Waals surface area contributed by atoms with Crippen LogP contribution in [0.15, 0.2) is 53.7 Å². The van der Waals surface area contributed by atoms with E-state index in [0.717, 1.165) is 55.6 Å². The second-order valence-corrected chi connectivity index (χ2v) is 11.6. The fourth-order valence-electron chi connectivity index (χ4n) is 4.59. The van der Waals surface area contributed by atoms with Gasteiger partial charge in [-0.3, -0.25) is 15.4 Å². The topological polar surface area (TPSA) is 152 Å². The number of hydrogen-bond donors (Lipinski definition) is 3. The van der Waals surface area contributed by atoms with Crippen molar-refractivity contribution >= 4 is 34.9 Å². The SMILES string of the molecule is CC([NH2+]c1ccc([N+](=O)[O-])cc1)=C(C=N)C(=O)Nc1ccc(N2CCC(N3CCOC[I-]3)CC2)c(C#N)c1. The van der Waals surface area contributed by atoms with E-state index in [1.807, 2.05) is 6.07 Å². The first-order valence-electron chi connectivity index (χ1n) is 12.2. The number of nitrogens with two attached hydrogens (primary N) is 1. The Kier molecular flexibility index (Phi) is 9.40. The van der Waals surface area contributed by atoms with Crippen LogP contribution in [-0.4, -0.2) is 57.1 Å². The van der Waals surface area contributed by atoms with Crippen LogP contribution in [0.2, 0.25) is 0 Å². The fraction of sp³-hybridized carbons (Fsp3) is 0.346. The Morgan fingerprint density at radius 2 is 2.00 bits per heavy atom. The van der Waals surface area contributed by atoms with Gasteiger partial charge in [-0.05, 0) is 0 Å². The normalized spacial score (nSPS) is 17.5. The number of amides is 1. The number of piperidine rings is 1. The number of nitro groups is 1. The van der Waals surface area contributed by atoms with Crippen LogP contribution in [0.5, 0.6) is 0 Å². The molecule has 2 aromatic carbocycles. The number of nitrogens with zero attached hydrogens (tertiary/aromatic N) is 4. The Bertz CT molecular complexity index is 1260. The van der Waals surface area contributed by atoms with E-state index in [-0.39, 0.29) is 32.7 Å². The van der Waals surface area contributed by atoms with Crippen molar-refractivity contribution in [3.8, 4) is 6.07 Å². The Labute approximate surface area is 231 Å². The average Bonchev–Trinajstić information content (AvgIpc) is 2.94. The number of anilines is 2. The van der Waals surface area contributed by atoms with E-state index in [1.54, 1.807) is 36.5 Å². The third-order valence-corrected chi connectivity index (χ3v) is 9.47. The molecular formula is C26H30IN7O4. The molecule has 2 heterocycles. The third-order valence-electron chi connectivity index (χ3n) is 6.61. The minimum absolute atomic E-state index is 0.0201. The summed E-state index contributed by atoms with van der Waals surface area (Å²) in [5.41, 5.74) is 3.18. The standard InChI is InChI=1S/C26H29IN7O4/c1-18(30-20-2-5-23(6-3-20)34(36)37)24(16-29)26(35)31-21-4-7-25(19(14-21)15-28)32-10-8-22(9-11-32)33-12-13-38-17-27-33/h2-7,14,16,22,29-30H,8-13,17H2,1H3,(H,31,35)/q-1/p+1. The monoisotopic (exact) mass is 631 g/mol. The summed E-state index contributed by atoms with van der Waals surface area (Å²) < 4.78 is 9.02. The molecule has 38 heavy (non-hydrogen) atoms. The van der Waals surface area contributed by atoms with Gasteiger partial charge in [0.1, 0.15) is 11.4 Å². The zero-order valence-corrected chi connectivity index (χ0v) is 23.2. The predicted octanol–water partition coefficient (Wildman–Crippen LogP) is -0.514. The number of nitriles is 1. The summed E-state index contributed by atoms with van der Waals surface area (Å²) in [4.78, 5) is 25.6. The van der Waals surface area contributed by atoms with Crippen molar-refractivity contribution in [1.82, 2.24) is 3.11 Å². The van der Waals surface area contributed by atoms with Crippen LogP contribution in [-0.2, 0) is 9.53 Å². The molecule has 12 heteroatoms. The zero-order valence-electron chi connectivity index (χ0n) is 21.0. The van der Waals surface area contributed by atoms with Crippen LogP contribution in [0.3, 0.4) is 0 Å². The van der Waals surface area contributed by atoms with Crippen molar-refractivity contribution in [2.75, 3.05) is 41.1 Å². The number of nitro benzene ring substituents is 1. The Hall–Kier alpha value is -3.38. The molecule has 0 atom stereocenters. The molecule has 0 radical (unpaired) electrons. The summed E-state index contributed by atoms with van der Waals surface area (Å²) in [7, 11) is 0. The van der Waals surface area contributed by atoms with Crippen molar-refractivity contribution < 1.29 is 41.3 Å². The van der Waals surface area contributed by atoms with E-state index < -0.39 is 10.8 Å². The summed E-state index contributed by atoms with van der Waals surface area (Å²) in [6.07, 6.45) is 3.09. The number of halogens is 1. The molecule has 2 aromatic rings. The van der Waals surface area contributed by atoms with Crippen molar-refractivity contribution in [2.24, 2.45) is 0 Å². The van der Waals surface area contributed by atoms with Crippen molar-refractivity contribution in [3.05, 3.63) is 69.4 Å². The number of non-ortho nitro benzene ring substituents is 1. The molecule has 1 amide bonds. The first kappa shape index (κ1) is 27.6. The van der Waals surface area contributed by atoms with Crippen molar-refractivity contribution in [3.63, 3.8) is 0 Å². The number of quaternary nitrogens is 1. The van der Waals surface area contributed by atoms with Gasteiger partial charge < -0.3 is 5.41 Å². The van der Waals surface area contributed by atoms with Gasteiger partial charge >= 0.3 is 152 Å². The first-order valence-corrected chi connectivity index (χ1v) is 14.7. The van der Waals surface area contributed by atoms with Crippen LogP contribution in [0.1, 0.15) is 25.3 Å². The maximum atomic E-state index is 13.0. The number of alkyl halides is 1. The molecule has 200 valence electrons. The van der Waals surface area contributed by atoms with E-state index in [4.69, 9.17) is 10.1 Å². The predicted molar refractivity (Wildman–Crippen MR) is 139 cm³/mol. The van der Waals surface area contributed by atoms with E-state index in [2.05, 4.69) is 19.4 Å². The number of ether oxygens (including phenoxy) is 1. The molecule has 2 fully saturated rings. The minimum atomic E-state index is -0.474. The van der Waals surface area contributed by atoms with Crippen molar-refractivity contribution in [2.45, 2.75) is 25.8 Å². The third kappa shape index (κ3) is 6.73. The summed E-state index contributed by atoms with van der Waals surface area (Å²) >= 11 is -0.0464. The Balaban J connectivity index is 1.41. The number of carbonyl (C=O) groups excluding carboxylic acids is 1. The molecule has 0 spiro atoms. The summed E-state index contributed by atoms with van der Waals surface area (Å²) in [5, 5.41) is 32.9. The molecule has 4 rings (SSSR count). The van der Waals surface area contributed by atoms with Gasteiger partial charge in [-0.2, -0.15) is 0 Å². The Morgan fingerprint density at radius 1 is 1.26 bits per heavy atom. The Morgan fingerprint density at radius 3 is 2.61 bits per heavy atom. The number of hydrogen-bond acceptors (Lipinski definition) is 8. The quantitative estimate of drug-likeness (QED) is 0.0519. The van der Waals surface area contributed by atoms with Crippen LogP contribution in [0.25, 0.3) is 0 Å². The number of rotatable bonds is 8. The summed E-state index contributed by atoms with van der Waals surface area (Å²) in [5.74, 6) is -0.470. The van der Waals surface area contributed by atoms with Gasteiger partial charge in [-0.25, -0.2) is 0 Å². The van der Waals surface area contributed by atoms with Gasteiger partial charge in [0.15, 0.2) is 0 Å². The molecule has 0 bridgehead atoms. The number of allylic oxidation sites excluding steroid dienone is 1. The second kappa shape index (κ2) is 12.9. The molecule has 0 aliphatic carbocycles. The van der Waals surface area contributed by atoms with Crippen molar-refractivity contribution in [1.29, 1.82) is 10.7 Å².